The number of allylic oxidation sites excluding steroid dienone is 2. The maximum Gasteiger partial charge on any atom is 0.328 e. The lowest BCUT2D eigenvalue weighted by molar-refractivity contribution is -0.159. The van der Waals surface area contributed by atoms with E-state index in [-0.39, 0.29) is 35.1 Å². The zero-order valence-electron chi connectivity index (χ0n) is 22.8. The Labute approximate surface area is 219 Å². The van der Waals surface area contributed by atoms with Crippen LogP contribution in [0, 0.1) is 28.6 Å². The quantitative estimate of drug-likeness (QED) is 0.442. The highest BCUT2D eigenvalue weighted by atomic mass is 16.6. The smallest absolute Gasteiger partial charge is 0.328 e. The summed E-state index contributed by atoms with van der Waals surface area (Å²) in [6, 6.07) is -0.523. The predicted molar refractivity (Wildman–Crippen MR) is 137 cm³/mol. The Morgan fingerprint density at radius 2 is 1.84 bits per heavy atom. The van der Waals surface area contributed by atoms with Crippen LogP contribution in [0.1, 0.15) is 85.0 Å². The van der Waals surface area contributed by atoms with Gasteiger partial charge in [0.1, 0.15) is 11.6 Å². The van der Waals surface area contributed by atoms with Crippen LogP contribution in [0.5, 0.6) is 0 Å². The summed E-state index contributed by atoms with van der Waals surface area (Å²) < 4.78 is 4.82. The minimum Gasteiger partial charge on any atom is -0.467 e. The average Bonchev–Trinajstić information content (AvgIpc) is 3.47. The molecule has 1 aliphatic heterocycles. The van der Waals surface area contributed by atoms with Gasteiger partial charge in [0.25, 0.3) is 5.91 Å². The topological polar surface area (TPSA) is 106 Å². The van der Waals surface area contributed by atoms with Crippen LogP contribution in [-0.4, -0.2) is 65.3 Å². The molecule has 8 nitrogen and oxygen atoms in total. The van der Waals surface area contributed by atoms with Gasteiger partial charge >= 0.3 is 5.97 Å². The summed E-state index contributed by atoms with van der Waals surface area (Å²) in [7, 11) is 1.34. The van der Waals surface area contributed by atoms with Crippen molar-refractivity contribution in [1.29, 1.82) is 0 Å². The highest BCUT2D eigenvalue weighted by Gasteiger charge is 2.65. The molecule has 4 fully saturated rings. The van der Waals surface area contributed by atoms with E-state index in [0.29, 0.717) is 37.1 Å². The molecule has 4 aliphatic carbocycles. The van der Waals surface area contributed by atoms with Crippen LogP contribution in [0.15, 0.2) is 16.8 Å². The molecule has 1 heterocycles. The summed E-state index contributed by atoms with van der Waals surface area (Å²) in [6.45, 7) is 6.47. The number of aliphatic hydroxyl groups is 1. The number of nitrogens with zero attached hydrogens (tertiary/aromatic N) is 2. The number of methoxy groups -OCH3 is 1. The third kappa shape index (κ3) is 4.05. The molecular weight excluding hydrogens is 472 g/mol. The molecule has 7 atom stereocenters. The number of rotatable bonds is 5. The number of carbonyl (C=O) groups excluding carboxylic acids is 3. The van der Waals surface area contributed by atoms with E-state index >= 15 is 0 Å². The van der Waals surface area contributed by atoms with Crippen molar-refractivity contribution < 1.29 is 29.1 Å². The van der Waals surface area contributed by atoms with Crippen molar-refractivity contribution in [3.05, 3.63) is 11.6 Å². The Morgan fingerprint density at radius 1 is 1.08 bits per heavy atom. The second-order valence-corrected chi connectivity index (χ2v) is 12.5. The Bertz CT molecular complexity index is 1040. The van der Waals surface area contributed by atoms with Gasteiger partial charge in [0.2, 0.25) is 0 Å². The van der Waals surface area contributed by atoms with Gasteiger partial charge in [0.05, 0.1) is 12.8 Å². The summed E-state index contributed by atoms with van der Waals surface area (Å²) in [4.78, 5) is 44.0. The number of hydrogen-bond acceptors (Lipinski definition) is 7. The lowest BCUT2D eigenvalue weighted by Gasteiger charge is -2.59. The fourth-order valence-corrected chi connectivity index (χ4v) is 8.94. The Balaban J connectivity index is 1.25. The van der Waals surface area contributed by atoms with Gasteiger partial charge in [-0.3, -0.25) is 9.59 Å². The maximum atomic E-state index is 12.6. The third-order valence-electron chi connectivity index (χ3n) is 11.1. The van der Waals surface area contributed by atoms with E-state index in [1.165, 1.54) is 17.6 Å². The van der Waals surface area contributed by atoms with Gasteiger partial charge in [0, 0.05) is 12.0 Å². The molecule has 0 aromatic carbocycles. The van der Waals surface area contributed by atoms with Crippen LogP contribution in [0.25, 0.3) is 0 Å². The summed E-state index contributed by atoms with van der Waals surface area (Å²) in [6.07, 6.45) is 10.9. The molecule has 204 valence electrons. The zero-order chi connectivity index (χ0) is 26.6. The van der Waals surface area contributed by atoms with Crippen molar-refractivity contribution in [1.82, 2.24) is 4.90 Å². The molecule has 3 saturated carbocycles. The highest BCUT2D eigenvalue weighted by Crippen LogP contribution is 2.67. The van der Waals surface area contributed by atoms with E-state index < -0.39 is 11.6 Å². The van der Waals surface area contributed by atoms with Gasteiger partial charge in [-0.25, -0.2) is 4.79 Å². The van der Waals surface area contributed by atoms with E-state index in [1.807, 2.05) is 0 Å². The minimum atomic E-state index is -1.17. The van der Waals surface area contributed by atoms with E-state index in [4.69, 9.17) is 9.57 Å². The lowest BCUT2D eigenvalue weighted by Crippen LogP contribution is -2.57. The molecule has 1 N–H and O–H groups in total. The number of amides is 1. The normalized spacial score (nSPS) is 41.9. The molecule has 37 heavy (non-hydrogen) atoms. The van der Waals surface area contributed by atoms with E-state index in [0.717, 1.165) is 57.1 Å². The molecule has 1 amide bonds. The fraction of sp³-hybridized carbons (Fsp3) is 0.793. The second kappa shape index (κ2) is 9.51. The molecule has 8 heteroatoms. The Kier molecular flexibility index (Phi) is 6.78. The van der Waals surface area contributed by atoms with E-state index in [1.54, 1.807) is 6.92 Å². The predicted octanol–water partition coefficient (Wildman–Crippen LogP) is 3.81. The molecule has 0 radical (unpaired) electrons. The van der Waals surface area contributed by atoms with Crippen LogP contribution >= 0.6 is 0 Å². The summed E-state index contributed by atoms with van der Waals surface area (Å²) in [5, 5.41) is 15.7. The van der Waals surface area contributed by atoms with Crippen LogP contribution in [0.4, 0.5) is 0 Å². The van der Waals surface area contributed by atoms with Crippen LogP contribution in [-0.2, 0) is 24.0 Å². The minimum absolute atomic E-state index is 0.0684. The van der Waals surface area contributed by atoms with E-state index in [9.17, 15) is 19.5 Å². The molecule has 0 aromatic rings. The van der Waals surface area contributed by atoms with Gasteiger partial charge in [-0.15, -0.1) is 0 Å². The standard InChI is InChI=1S/C29H42N2O6/c1-18(32)29(35)14-11-23-21-8-7-19-16-20(9-12-27(19,2)22(21)10-13-28(23,29)3)30-37-17-25(33)31-15-5-6-24(31)26(34)36-4/h16,21-24,35H,5-15,17H2,1-4H3/t21-,22-,23+,24-,27-,28-,29-/m0/s1. The first kappa shape index (κ1) is 26.4. The first-order valence-electron chi connectivity index (χ1n) is 14.1. The van der Waals surface area contributed by atoms with Crippen LogP contribution in [0.3, 0.4) is 0 Å². The molecule has 0 aromatic heterocycles. The van der Waals surface area contributed by atoms with Crippen molar-refractivity contribution in [2.24, 2.45) is 33.7 Å². The largest absolute Gasteiger partial charge is 0.467 e. The first-order chi connectivity index (χ1) is 17.5. The molecule has 5 rings (SSSR count). The number of likely N-dealkylation sites (tertiary alicyclic amines) is 1. The monoisotopic (exact) mass is 514 g/mol. The first-order valence-corrected chi connectivity index (χ1v) is 14.1. The number of ketones is 1. The zero-order valence-corrected chi connectivity index (χ0v) is 22.8. The Hall–Kier alpha value is -2.22. The van der Waals surface area contributed by atoms with Crippen LogP contribution < -0.4 is 0 Å². The molecular formula is C29H42N2O6. The van der Waals surface area contributed by atoms with Gasteiger partial charge in [-0.1, -0.05) is 24.6 Å². The van der Waals surface area contributed by atoms with Gasteiger partial charge < -0.3 is 19.6 Å². The number of oxime groups is 1. The van der Waals surface area contributed by atoms with Crippen LogP contribution in [0.2, 0.25) is 0 Å². The van der Waals surface area contributed by atoms with Crippen molar-refractivity contribution >= 4 is 23.4 Å². The third-order valence-corrected chi connectivity index (χ3v) is 11.1. The van der Waals surface area contributed by atoms with E-state index in [2.05, 4.69) is 25.1 Å². The number of carbonyl (C=O) groups is 3. The fourth-order valence-electron chi connectivity index (χ4n) is 8.94. The highest BCUT2D eigenvalue weighted by molar-refractivity contribution is 5.96. The van der Waals surface area contributed by atoms with Crippen molar-refractivity contribution in [2.45, 2.75) is 96.6 Å². The molecule has 5 aliphatic rings. The summed E-state index contributed by atoms with van der Waals surface area (Å²) >= 11 is 0. The molecule has 0 spiro atoms. The van der Waals surface area contributed by atoms with Crippen molar-refractivity contribution in [3.8, 4) is 0 Å². The number of Topliss-reactive ketones (excluding diaryl/α,β-unsaturated/α-hetero) is 1. The lowest BCUT2D eigenvalue weighted by atomic mass is 9.46. The van der Waals surface area contributed by atoms with Gasteiger partial charge in [0.15, 0.2) is 12.4 Å². The SMILES string of the molecule is COC(=O)[C@@H]1CCCN1C(=O)CON=C1C=C2CC[C@@H]3[C@H]4CC[C@](O)(C(C)=O)[C@@]4(C)CC[C@@H]3[C@@]2(C)CC1. The molecule has 0 unspecified atom stereocenters. The van der Waals surface area contributed by atoms with Crippen molar-refractivity contribution in [3.63, 3.8) is 0 Å². The number of esters is 1. The average molecular weight is 515 g/mol. The van der Waals surface area contributed by atoms with Gasteiger partial charge in [-0.2, -0.15) is 0 Å². The number of hydrogen-bond donors (Lipinski definition) is 1. The molecule has 0 bridgehead atoms. The Morgan fingerprint density at radius 3 is 2.57 bits per heavy atom. The number of fused-ring (bicyclic) bond motifs is 5. The van der Waals surface area contributed by atoms with Crippen molar-refractivity contribution in [2.75, 3.05) is 20.3 Å². The summed E-state index contributed by atoms with van der Waals surface area (Å²) in [5.74, 6) is 0.789. The maximum absolute atomic E-state index is 12.6. The second-order valence-electron chi connectivity index (χ2n) is 12.5. The molecule has 1 saturated heterocycles. The number of ether oxygens (including phenoxy) is 1. The summed E-state index contributed by atoms with van der Waals surface area (Å²) in [5.41, 5.74) is 0.896. The van der Waals surface area contributed by atoms with Gasteiger partial charge in [-0.05, 0) is 100 Å².